The van der Waals surface area contributed by atoms with Crippen LogP contribution in [0.15, 0.2) is 48.8 Å². The Morgan fingerprint density at radius 3 is 2.59 bits per heavy atom. The lowest BCUT2D eigenvalue weighted by Gasteiger charge is -2.37. The van der Waals surface area contributed by atoms with Crippen molar-refractivity contribution in [2.45, 2.75) is 38.6 Å². The van der Waals surface area contributed by atoms with Crippen molar-refractivity contribution in [3.63, 3.8) is 0 Å². The summed E-state index contributed by atoms with van der Waals surface area (Å²) in [5.74, 6) is 2.04. The van der Waals surface area contributed by atoms with Gasteiger partial charge < -0.3 is 19.7 Å². The molecule has 7 heteroatoms. The van der Waals surface area contributed by atoms with Crippen LogP contribution in [0.5, 0.6) is 0 Å². The number of piperazine rings is 1. The monoisotopic (exact) mass is 432 g/mol. The summed E-state index contributed by atoms with van der Waals surface area (Å²) in [4.78, 5) is 26.7. The number of anilines is 1. The van der Waals surface area contributed by atoms with E-state index in [-0.39, 0.29) is 5.92 Å². The maximum Gasteiger partial charge on any atom is 0.225 e. The van der Waals surface area contributed by atoms with Gasteiger partial charge in [-0.25, -0.2) is 4.98 Å². The third kappa shape index (κ3) is 4.35. The standard InChI is InChI=1S/C25H32N6O/c1-2-29-15-17-30(18-16-29)24(32)20-7-9-21(10-8-20)27-25-26-13-11-23(28-25)31-14-12-19-5-3-4-6-22(19)31/h3-6,11-14,20-21H,2,7-10,15-18H2,1H3,(H,26,27,28). The molecule has 0 unspecified atom stereocenters. The minimum Gasteiger partial charge on any atom is -0.351 e. The van der Waals surface area contributed by atoms with Gasteiger partial charge in [-0.2, -0.15) is 4.98 Å². The molecule has 7 nitrogen and oxygen atoms in total. The number of rotatable bonds is 5. The summed E-state index contributed by atoms with van der Waals surface area (Å²) in [6, 6.07) is 12.7. The van der Waals surface area contributed by atoms with Crippen molar-refractivity contribution in [1.82, 2.24) is 24.3 Å². The van der Waals surface area contributed by atoms with Gasteiger partial charge in [-0.1, -0.05) is 25.1 Å². The Hall–Kier alpha value is -2.93. The average Bonchev–Trinajstić information content (AvgIpc) is 3.29. The van der Waals surface area contributed by atoms with Gasteiger partial charge in [0.05, 0.1) is 5.52 Å². The van der Waals surface area contributed by atoms with Crippen molar-refractivity contribution in [3.05, 3.63) is 48.8 Å². The van der Waals surface area contributed by atoms with E-state index in [1.54, 1.807) is 0 Å². The van der Waals surface area contributed by atoms with Gasteiger partial charge in [0.1, 0.15) is 5.82 Å². The molecule has 2 aliphatic rings. The number of carbonyl (C=O) groups is 1. The Morgan fingerprint density at radius 2 is 1.81 bits per heavy atom. The molecule has 1 aliphatic heterocycles. The number of likely N-dealkylation sites (N-methyl/N-ethyl adjacent to an activating group) is 1. The quantitative estimate of drug-likeness (QED) is 0.668. The average molecular weight is 433 g/mol. The van der Waals surface area contributed by atoms with Crippen molar-refractivity contribution >= 4 is 22.8 Å². The zero-order valence-corrected chi connectivity index (χ0v) is 18.8. The number of carbonyl (C=O) groups excluding carboxylic acids is 1. The summed E-state index contributed by atoms with van der Waals surface area (Å²) in [6.07, 6.45) is 7.69. The largest absolute Gasteiger partial charge is 0.351 e. The zero-order valence-electron chi connectivity index (χ0n) is 18.8. The van der Waals surface area contributed by atoms with Gasteiger partial charge in [0.15, 0.2) is 0 Å². The van der Waals surface area contributed by atoms with E-state index in [1.807, 2.05) is 30.6 Å². The van der Waals surface area contributed by atoms with Crippen LogP contribution in [-0.4, -0.2) is 69.0 Å². The summed E-state index contributed by atoms with van der Waals surface area (Å²) >= 11 is 0. The lowest BCUT2D eigenvalue weighted by atomic mass is 9.85. The second kappa shape index (κ2) is 9.28. The fourth-order valence-electron chi connectivity index (χ4n) is 5.05. The minimum atomic E-state index is 0.166. The number of hydrogen-bond acceptors (Lipinski definition) is 5. The third-order valence-corrected chi connectivity index (χ3v) is 7.03. The summed E-state index contributed by atoms with van der Waals surface area (Å²) in [5, 5.41) is 4.71. The number of amides is 1. The molecule has 0 bridgehead atoms. The second-order valence-electron chi connectivity index (χ2n) is 8.94. The highest BCUT2D eigenvalue weighted by Crippen LogP contribution is 2.28. The van der Waals surface area contributed by atoms with Crippen LogP contribution in [0.3, 0.4) is 0 Å². The van der Waals surface area contributed by atoms with Crippen molar-refractivity contribution in [2.75, 3.05) is 38.0 Å². The van der Waals surface area contributed by atoms with Crippen molar-refractivity contribution in [1.29, 1.82) is 0 Å². The highest BCUT2D eigenvalue weighted by atomic mass is 16.2. The topological polar surface area (TPSA) is 66.3 Å². The van der Waals surface area contributed by atoms with E-state index < -0.39 is 0 Å². The van der Waals surface area contributed by atoms with Crippen LogP contribution in [0.2, 0.25) is 0 Å². The molecule has 1 amide bonds. The molecule has 1 saturated heterocycles. The van der Waals surface area contributed by atoms with E-state index in [0.29, 0.717) is 17.9 Å². The Balaban J connectivity index is 1.18. The number of aromatic nitrogens is 3. The van der Waals surface area contributed by atoms with E-state index in [0.717, 1.165) is 69.7 Å². The van der Waals surface area contributed by atoms with E-state index in [1.165, 1.54) is 5.39 Å². The van der Waals surface area contributed by atoms with E-state index in [4.69, 9.17) is 4.98 Å². The van der Waals surface area contributed by atoms with Crippen LogP contribution in [-0.2, 0) is 4.79 Å². The fourth-order valence-corrected chi connectivity index (χ4v) is 5.05. The SMILES string of the molecule is CCN1CCN(C(=O)C2CCC(Nc3nccc(-n4ccc5ccccc54)n3)CC2)CC1. The molecule has 5 rings (SSSR count). The molecule has 0 spiro atoms. The molecule has 1 N–H and O–H groups in total. The van der Waals surface area contributed by atoms with E-state index >= 15 is 0 Å². The Kier molecular flexibility index (Phi) is 6.08. The molecule has 0 radical (unpaired) electrons. The number of benzene rings is 1. The van der Waals surface area contributed by atoms with Crippen LogP contribution in [0.25, 0.3) is 16.7 Å². The van der Waals surface area contributed by atoms with Crippen molar-refractivity contribution in [3.8, 4) is 5.82 Å². The van der Waals surface area contributed by atoms with Crippen molar-refractivity contribution in [2.24, 2.45) is 5.92 Å². The minimum absolute atomic E-state index is 0.166. The molecule has 3 heterocycles. The Labute approximate surface area is 189 Å². The normalized spacial score (nSPS) is 22.2. The number of nitrogens with one attached hydrogen (secondary N) is 1. The van der Waals surface area contributed by atoms with Gasteiger partial charge in [0.25, 0.3) is 0 Å². The first-order valence-corrected chi connectivity index (χ1v) is 11.9. The summed E-state index contributed by atoms with van der Waals surface area (Å²) < 4.78 is 2.09. The highest BCUT2D eigenvalue weighted by molar-refractivity contribution is 5.81. The number of hydrogen-bond donors (Lipinski definition) is 1. The lowest BCUT2D eigenvalue weighted by molar-refractivity contribution is -0.138. The molecule has 2 aromatic heterocycles. The molecule has 168 valence electrons. The van der Waals surface area contributed by atoms with Gasteiger partial charge in [-0.15, -0.1) is 0 Å². The molecule has 2 fully saturated rings. The molecule has 0 atom stereocenters. The summed E-state index contributed by atoms with van der Waals surface area (Å²) in [7, 11) is 0. The molecular weight excluding hydrogens is 400 g/mol. The highest BCUT2D eigenvalue weighted by Gasteiger charge is 2.31. The first-order valence-electron chi connectivity index (χ1n) is 11.9. The molecule has 1 saturated carbocycles. The van der Waals surface area contributed by atoms with E-state index in [2.05, 4.69) is 49.8 Å². The lowest BCUT2D eigenvalue weighted by Crippen LogP contribution is -2.50. The molecule has 3 aromatic rings. The molecule has 1 aliphatic carbocycles. The van der Waals surface area contributed by atoms with Gasteiger partial charge in [0.2, 0.25) is 11.9 Å². The summed E-state index contributed by atoms with van der Waals surface area (Å²) in [5.41, 5.74) is 1.14. The maximum atomic E-state index is 13.0. The van der Waals surface area contributed by atoms with Crippen molar-refractivity contribution < 1.29 is 4.79 Å². The van der Waals surface area contributed by atoms with E-state index in [9.17, 15) is 4.79 Å². The first-order chi connectivity index (χ1) is 15.7. The van der Waals surface area contributed by atoms with Crippen LogP contribution in [0, 0.1) is 5.92 Å². The smallest absolute Gasteiger partial charge is 0.225 e. The predicted molar refractivity (Wildman–Crippen MR) is 127 cm³/mol. The zero-order chi connectivity index (χ0) is 21.9. The maximum absolute atomic E-state index is 13.0. The molecule has 1 aromatic carbocycles. The van der Waals surface area contributed by atoms with Gasteiger partial charge in [-0.05, 0) is 55.8 Å². The van der Waals surface area contributed by atoms with Crippen LogP contribution >= 0.6 is 0 Å². The third-order valence-electron chi connectivity index (χ3n) is 7.03. The van der Waals surface area contributed by atoms with Gasteiger partial charge in [-0.3, -0.25) is 4.79 Å². The van der Waals surface area contributed by atoms with Crippen LogP contribution in [0.4, 0.5) is 5.95 Å². The van der Waals surface area contributed by atoms with Gasteiger partial charge in [0, 0.05) is 50.5 Å². The molecule has 32 heavy (non-hydrogen) atoms. The first kappa shape index (κ1) is 20.9. The Morgan fingerprint density at radius 1 is 1.03 bits per heavy atom. The Bertz CT molecular complexity index is 1060. The number of nitrogens with zero attached hydrogens (tertiary/aromatic N) is 5. The second-order valence-corrected chi connectivity index (χ2v) is 8.94. The van der Waals surface area contributed by atoms with Crippen LogP contribution in [0.1, 0.15) is 32.6 Å². The molecular formula is C25H32N6O. The van der Waals surface area contributed by atoms with Crippen LogP contribution < -0.4 is 5.32 Å². The number of fused-ring (bicyclic) bond motifs is 1. The summed E-state index contributed by atoms with van der Waals surface area (Å²) in [6.45, 7) is 7.01. The number of para-hydroxylation sites is 1. The van der Waals surface area contributed by atoms with Gasteiger partial charge >= 0.3 is 0 Å². The fraction of sp³-hybridized carbons (Fsp3) is 0.480. The predicted octanol–water partition coefficient (Wildman–Crippen LogP) is 3.56.